The molecule has 1 aromatic rings. The van der Waals surface area contributed by atoms with Gasteiger partial charge in [0.25, 0.3) is 0 Å². The third-order valence-electron chi connectivity index (χ3n) is 1.25. The Morgan fingerprint density at radius 2 is 1.75 bits per heavy atom. The van der Waals surface area contributed by atoms with Gasteiger partial charge in [-0.2, -0.15) is 0 Å². The van der Waals surface area contributed by atoms with Crippen LogP contribution in [-0.2, 0) is 0 Å². The Kier molecular flexibility index (Phi) is 2.63. The number of rotatable bonds is 1. The van der Waals surface area contributed by atoms with Crippen LogP contribution in [-0.4, -0.2) is 5.60 Å². The summed E-state index contributed by atoms with van der Waals surface area (Å²) >= 11 is 5.91. The predicted molar refractivity (Wildman–Crippen MR) is 51.8 cm³/mol. The second-order valence-electron chi connectivity index (χ2n) is 3.64. The van der Waals surface area contributed by atoms with Gasteiger partial charge < -0.3 is 4.74 Å². The molecule has 0 amide bonds. The van der Waals surface area contributed by atoms with Gasteiger partial charge in [0.15, 0.2) is 0 Å². The van der Waals surface area contributed by atoms with Gasteiger partial charge in [-0.1, -0.05) is 23.7 Å². The largest absolute Gasteiger partial charge is 0.487 e. The Morgan fingerprint density at radius 3 is 2.25 bits per heavy atom. The highest BCUT2D eigenvalue weighted by molar-refractivity contribution is 6.32. The molecule has 1 rings (SSSR count). The number of benzene rings is 1. The molecule has 2 heteroatoms. The van der Waals surface area contributed by atoms with Gasteiger partial charge in [0.2, 0.25) is 0 Å². The van der Waals surface area contributed by atoms with Crippen LogP contribution in [0.3, 0.4) is 0 Å². The van der Waals surface area contributed by atoms with Gasteiger partial charge in [0.05, 0.1) is 5.02 Å². The molecule has 0 radical (unpaired) electrons. The molecule has 0 aliphatic heterocycles. The average Bonchev–Trinajstić information content (AvgIpc) is 1.91. The third-order valence-corrected chi connectivity index (χ3v) is 1.57. The maximum Gasteiger partial charge on any atom is 0.138 e. The zero-order valence-corrected chi connectivity index (χ0v) is 8.35. The van der Waals surface area contributed by atoms with Gasteiger partial charge in [0, 0.05) is 0 Å². The fraction of sp³-hybridized carbons (Fsp3) is 0.400. The van der Waals surface area contributed by atoms with E-state index >= 15 is 0 Å². The molecule has 0 atom stereocenters. The summed E-state index contributed by atoms with van der Waals surface area (Å²) in [6.45, 7) is 5.99. The average molecular weight is 185 g/mol. The first-order valence-electron chi connectivity index (χ1n) is 3.92. The van der Waals surface area contributed by atoms with Crippen molar-refractivity contribution in [3.05, 3.63) is 29.3 Å². The van der Waals surface area contributed by atoms with E-state index in [1.165, 1.54) is 0 Å². The van der Waals surface area contributed by atoms with Crippen molar-refractivity contribution in [3.8, 4) is 5.75 Å². The molecule has 66 valence electrons. The summed E-state index contributed by atoms with van der Waals surface area (Å²) in [5, 5.41) is 0.660. The maximum atomic E-state index is 5.91. The molecule has 12 heavy (non-hydrogen) atoms. The van der Waals surface area contributed by atoms with Gasteiger partial charge in [-0.15, -0.1) is 0 Å². The highest BCUT2D eigenvalue weighted by Crippen LogP contribution is 2.26. The molecule has 0 fully saturated rings. The Hall–Kier alpha value is -0.690. The number of hydrogen-bond donors (Lipinski definition) is 0. The summed E-state index contributed by atoms with van der Waals surface area (Å²) in [5.74, 6) is 0.742. The lowest BCUT2D eigenvalue weighted by atomic mass is 10.2. The monoisotopic (exact) mass is 184 g/mol. The van der Waals surface area contributed by atoms with Crippen molar-refractivity contribution in [2.75, 3.05) is 0 Å². The molecule has 0 bridgehead atoms. The molecule has 0 aliphatic rings. The van der Waals surface area contributed by atoms with Crippen LogP contribution in [0.25, 0.3) is 0 Å². The van der Waals surface area contributed by atoms with Gasteiger partial charge in [-0.25, -0.2) is 0 Å². The summed E-state index contributed by atoms with van der Waals surface area (Å²) < 4.78 is 5.60. The van der Waals surface area contributed by atoms with Crippen LogP contribution in [0.1, 0.15) is 20.8 Å². The Labute approximate surface area is 78.3 Å². The van der Waals surface area contributed by atoms with Gasteiger partial charge in [-0.3, -0.25) is 0 Å². The molecule has 0 unspecified atom stereocenters. The van der Waals surface area contributed by atoms with Crippen molar-refractivity contribution in [1.82, 2.24) is 0 Å². The van der Waals surface area contributed by atoms with Gasteiger partial charge >= 0.3 is 0 Å². The number of hydrogen-bond acceptors (Lipinski definition) is 1. The summed E-state index contributed by atoms with van der Waals surface area (Å²) in [4.78, 5) is 0. The lowest BCUT2D eigenvalue weighted by Gasteiger charge is -2.21. The van der Waals surface area contributed by atoms with Crippen molar-refractivity contribution < 1.29 is 4.74 Å². The van der Waals surface area contributed by atoms with E-state index in [1.54, 1.807) is 0 Å². The molecule has 0 saturated carbocycles. The third kappa shape index (κ3) is 2.74. The van der Waals surface area contributed by atoms with E-state index in [9.17, 15) is 0 Å². The zero-order chi connectivity index (χ0) is 9.19. The molecule has 0 aromatic heterocycles. The van der Waals surface area contributed by atoms with E-state index in [0.717, 1.165) is 5.75 Å². The molecule has 1 aromatic carbocycles. The van der Waals surface area contributed by atoms with Crippen molar-refractivity contribution >= 4 is 11.6 Å². The van der Waals surface area contributed by atoms with Gasteiger partial charge in [-0.05, 0) is 32.9 Å². The maximum absolute atomic E-state index is 5.91. The Bertz CT molecular complexity index is 263. The summed E-state index contributed by atoms with van der Waals surface area (Å²) in [7, 11) is 0. The van der Waals surface area contributed by atoms with E-state index in [0.29, 0.717) is 5.02 Å². The lowest BCUT2D eigenvalue weighted by molar-refractivity contribution is 0.131. The SMILES string of the molecule is CC(C)(C)Oc1ccccc1Cl. The Balaban J connectivity index is 2.83. The first-order valence-corrected chi connectivity index (χ1v) is 4.30. The van der Waals surface area contributed by atoms with Crippen LogP contribution in [0.15, 0.2) is 24.3 Å². The summed E-state index contributed by atoms with van der Waals surface area (Å²) in [6, 6.07) is 7.49. The van der Waals surface area contributed by atoms with E-state index in [4.69, 9.17) is 16.3 Å². The fourth-order valence-corrected chi connectivity index (χ4v) is 1.03. The van der Waals surface area contributed by atoms with Crippen molar-refractivity contribution in [1.29, 1.82) is 0 Å². The van der Waals surface area contributed by atoms with E-state index < -0.39 is 0 Å². The highest BCUT2D eigenvalue weighted by atomic mass is 35.5. The Morgan fingerprint density at radius 1 is 1.17 bits per heavy atom. The van der Waals surface area contributed by atoms with Crippen LogP contribution < -0.4 is 4.74 Å². The standard InChI is InChI=1S/C10H13ClO/c1-10(2,3)12-9-7-5-4-6-8(9)11/h4-7H,1-3H3. The smallest absolute Gasteiger partial charge is 0.138 e. The molecule has 0 spiro atoms. The van der Waals surface area contributed by atoms with Crippen molar-refractivity contribution in [3.63, 3.8) is 0 Å². The van der Waals surface area contributed by atoms with Crippen LogP contribution in [0.4, 0.5) is 0 Å². The van der Waals surface area contributed by atoms with E-state index in [-0.39, 0.29) is 5.60 Å². The minimum atomic E-state index is -0.189. The topological polar surface area (TPSA) is 9.23 Å². The molecule has 0 N–H and O–H groups in total. The van der Waals surface area contributed by atoms with Crippen molar-refractivity contribution in [2.45, 2.75) is 26.4 Å². The van der Waals surface area contributed by atoms with E-state index in [2.05, 4.69) is 0 Å². The van der Waals surface area contributed by atoms with Crippen LogP contribution in [0.2, 0.25) is 5.02 Å². The highest BCUT2D eigenvalue weighted by Gasteiger charge is 2.12. The summed E-state index contributed by atoms with van der Waals surface area (Å²) in [5.41, 5.74) is -0.189. The van der Waals surface area contributed by atoms with Crippen molar-refractivity contribution in [2.24, 2.45) is 0 Å². The second kappa shape index (κ2) is 3.36. The lowest BCUT2D eigenvalue weighted by Crippen LogP contribution is -2.23. The zero-order valence-electron chi connectivity index (χ0n) is 7.60. The number of ether oxygens (including phenoxy) is 1. The fourth-order valence-electron chi connectivity index (χ4n) is 0.857. The predicted octanol–water partition coefficient (Wildman–Crippen LogP) is 3.52. The van der Waals surface area contributed by atoms with Crippen LogP contribution in [0.5, 0.6) is 5.75 Å². The first-order chi connectivity index (χ1) is 5.49. The number of halogens is 1. The normalized spacial score (nSPS) is 11.3. The minimum Gasteiger partial charge on any atom is -0.487 e. The molecule has 0 heterocycles. The minimum absolute atomic E-state index is 0.189. The van der Waals surface area contributed by atoms with Crippen LogP contribution >= 0.6 is 11.6 Å². The molecule has 0 aliphatic carbocycles. The number of para-hydroxylation sites is 1. The second-order valence-corrected chi connectivity index (χ2v) is 4.05. The molecular formula is C10H13ClO. The summed E-state index contributed by atoms with van der Waals surface area (Å²) in [6.07, 6.45) is 0. The molecule has 0 saturated heterocycles. The van der Waals surface area contributed by atoms with Gasteiger partial charge in [0.1, 0.15) is 11.4 Å². The van der Waals surface area contributed by atoms with Crippen LogP contribution in [0, 0.1) is 0 Å². The first kappa shape index (κ1) is 9.40. The quantitative estimate of drug-likeness (QED) is 0.649. The van der Waals surface area contributed by atoms with E-state index in [1.807, 2.05) is 45.0 Å². The molecule has 1 nitrogen and oxygen atoms in total. The molecular weight excluding hydrogens is 172 g/mol.